The van der Waals surface area contributed by atoms with Crippen LogP contribution in [-0.2, 0) is 4.79 Å². The molecule has 1 heterocycles. The van der Waals surface area contributed by atoms with Gasteiger partial charge in [-0.05, 0) is 26.4 Å². The smallest absolute Gasteiger partial charge is 0.368 e. The molecule has 3 nitrogen and oxygen atoms in total. The Morgan fingerprint density at radius 1 is 1.50 bits per heavy atom. The lowest BCUT2D eigenvalue weighted by Crippen LogP contribution is -2.50. The Morgan fingerprint density at radius 3 is 2.50 bits per heavy atom. The van der Waals surface area contributed by atoms with Crippen LogP contribution in [-0.4, -0.2) is 36.6 Å². The number of amides is 1. The van der Waals surface area contributed by atoms with E-state index in [9.17, 15) is 18.0 Å². The number of carbonyl (C=O) groups is 1. The van der Waals surface area contributed by atoms with Crippen LogP contribution in [0.1, 0.15) is 12.8 Å². The summed E-state index contributed by atoms with van der Waals surface area (Å²) in [4.78, 5) is 12.4. The first-order chi connectivity index (χ1) is 6.32. The van der Waals surface area contributed by atoms with Crippen LogP contribution in [0.25, 0.3) is 0 Å². The first-order valence-corrected chi connectivity index (χ1v) is 4.38. The summed E-state index contributed by atoms with van der Waals surface area (Å²) in [5.74, 6) is -2.07. The monoisotopic (exact) mass is 210 g/mol. The molecule has 1 amide bonds. The second-order valence-electron chi connectivity index (χ2n) is 3.66. The van der Waals surface area contributed by atoms with Crippen molar-refractivity contribution in [3.8, 4) is 0 Å². The molecule has 0 aromatic rings. The standard InChI is InChI=1S/C8H13F3N2O/c1-13-3-2-5(8(9,10)11)4-6(13)7(12)14/h5-6H,2-4H2,1H3,(H2,12,14)/t5-,6+/m1/s1. The highest BCUT2D eigenvalue weighted by molar-refractivity contribution is 5.79. The van der Waals surface area contributed by atoms with Crippen LogP contribution >= 0.6 is 0 Å². The van der Waals surface area contributed by atoms with E-state index in [0.717, 1.165) is 0 Å². The highest BCUT2D eigenvalue weighted by Crippen LogP contribution is 2.35. The van der Waals surface area contributed by atoms with Crippen molar-refractivity contribution in [2.24, 2.45) is 11.7 Å². The Balaban J connectivity index is 2.67. The Hall–Kier alpha value is -0.780. The van der Waals surface area contributed by atoms with Gasteiger partial charge >= 0.3 is 6.18 Å². The summed E-state index contributed by atoms with van der Waals surface area (Å²) >= 11 is 0. The number of nitrogens with two attached hydrogens (primary N) is 1. The molecule has 1 rings (SSSR count). The van der Waals surface area contributed by atoms with Gasteiger partial charge in [-0.3, -0.25) is 9.69 Å². The minimum atomic E-state index is -4.21. The van der Waals surface area contributed by atoms with E-state index in [0.29, 0.717) is 0 Å². The number of halogens is 3. The number of likely N-dealkylation sites (tertiary alicyclic amines) is 1. The molecule has 1 aliphatic rings. The van der Waals surface area contributed by atoms with Gasteiger partial charge in [0.15, 0.2) is 0 Å². The summed E-state index contributed by atoms with van der Waals surface area (Å²) in [6.45, 7) is 0.262. The van der Waals surface area contributed by atoms with Crippen LogP contribution in [0.15, 0.2) is 0 Å². The van der Waals surface area contributed by atoms with Crippen molar-refractivity contribution in [3.05, 3.63) is 0 Å². The summed E-state index contributed by atoms with van der Waals surface area (Å²) in [6, 6.07) is -0.782. The van der Waals surface area contributed by atoms with Crippen LogP contribution in [0.2, 0.25) is 0 Å². The molecular formula is C8H13F3N2O. The van der Waals surface area contributed by atoms with E-state index in [-0.39, 0.29) is 19.4 Å². The van der Waals surface area contributed by atoms with E-state index in [1.54, 1.807) is 11.9 Å². The van der Waals surface area contributed by atoms with Gasteiger partial charge in [0.25, 0.3) is 0 Å². The van der Waals surface area contributed by atoms with Gasteiger partial charge < -0.3 is 5.73 Å². The molecule has 1 aliphatic heterocycles. The van der Waals surface area contributed by atoms with E-state index in [2.05, 4.69) is 0 Å². The largest absolute Gasteiger partial charge is 0.391 e. The number of hydrogen-bond donors (Lipinski definition) is 1. The van der Waals surface area contributed by atoms with Gasteiger partial charge in [-0.1, -0.05) is 0 Å². The second-order valence-corrected chi connectivity index (χ2v) is 3.66. The maximum absolute atomic E-state index is 12.3. The molecule has 0 aliphatic carbocycles. The summed E-state index contributed by atoms with van der Waals surface area (Å²) in [6.07, 6.45) is -4.38. The molecule has 1 saturated heterocycles. The predicted molar refractivity (Wildman–Crippen MR) is 44.4 cm³/mol. The summed E-state index contributed by atoms with van der Waals surface area (Å²) in [5, 5.41) is 0. The molecule has 2 N–H and O–H groups in total. The molecule has 0 spiro atoms. The van der Waals surface area contributed by atoms with Crippen molar-refractivity contribution < 1.29 is 18.0 Å². The summed E-state index contributed by atoms with van der Waals surface area (Å²) < 4.78 is 37.0. The summed E-state index contributed by atoms with van der Waals surface area (Å²) in [5.41, 5.74) is 5.02. The highest BCUT2D eigenvalue weighted by atomic mass is 19.4. The maximum atomic E-state index is 12.3. The molecule has 0 aromatic carbocycles. The van der Waals surface area contributed by atoms with Crippen LogP contribution < -0.4 is 5.73 Å². The Bertz CT molecular complexity index is 229. The highest BCUT2D eigenvalue weighted by Gasteiger charge is 2.44. The number of likely N-dealkylation sites (N-methyl/N-ethyl adjacent to an activating group) is 1. The normalized spacial score (nSPS) is 30.3. The molecule has 6 heteroatoms. The van der Waals surface area contributed by atoms with E-state index in [1.165, 1.54) is 0 Å². The fourth-order valence-corrected chi connectivity index (χ4v) is 1.71. The van der Waals surface area contributed by atoms with E-state index in [4.69, 9.17) is 5.73 Å². The first-order valence-electron chi connectivity index (χ1n) is 4.38. The lowest BCUT2D eigenvalue weighted by Gasteiger charge is -2.35. The van der Waals surface area contributed by atoms with Gasteiger partial charge in [-0.25, -0.2) is 0 Å². The van der Waals surface area contributed by atoms with Crippen molar-refractivity contribution in [1.29, 1.82) is 0 Å². The zero-order chi connectivity index (χ0) is 10.9. The van der Waals surface area contributed by atoms with Gasteiger partial charge in [-0.2, -0.15) is 13.2 Å². The molecular weight excluding hydrogens is 197 g/mol. The molecule has 0 aromatic heterocycles. The molecule has 82 valence electrons. The molecule has 1 fully saturated rings. The number of rotatable bonds is 1. The lowest BCUT2D eigenvalue weighted by molar-refractivity contribution is -0.189. The first kappa shape index (κ1) is 11.3. The minimum Gasteiger partial charge on any atom is -0.368 e. The Kier molecular flexibility index (Phi) is 3.04. The van der Waals surface area contributed by atoms with Gasteiger partial charge in [0.2, 0.25) is 5.91 Å². The SMILES string of the molecule is CN1CC[C@@H](C(F)(F)F)C[C@H]1C(N)=O. The number of carbonyl (C=O) groups excluding carboxylic acids is 1. The van der Waals surface area contributed by atoms with Gasteiger partial charge in [0, 0.05) is 0 Å². The molecule has 2 atom stereocenters. The van der Waals surface area contributed by atoms with Crippen molar-refractivity contribution in [1.82, 2.24) is 4.90 Å². The summed E-state index contributed by atoms with van der Waals surface area (Å²) in [7, 11) is 1.61. The number of primary amides is 1. The average Bonchev–Trinajstić information content (AvgIpc) is 2.02. The fraction of sp³-hybridized carbons (Fsp3) is 0.875. The van der Waals surface area contributed by atoms with Crippen LogP contribution in [0.4, 0.5) is 13.2 Å². The van der Waals surface area contributed by atoms with Crippen molar-refractivity contribution in [3.63, 3.8) is 0 Å². The van der Waals surface area contributed by atoms with Gasteiger partial charge in [0.1, 0.15) is 0 Å². The van der Waals surface area contributed by atoms with Crippen molar-refractivity contribution in [2.75, 3.05) is 13.6 Å². The molecule has 0 radical (unpaired) electrons. The number of piperidine rings is 1. The molecule has 0 bridgehead atoms. The molecule has 0 saturated carbocycles. The molecule has 0 unspecified atom stereocenters. The third kappa shape index (κ3) is 2.37. The zero-order valence-electron chi connectivity index (χ0n) is 7.84. The fourth-order valence-electron chi connectivity index (χ4n) is 1.71. The van der Waals surface area contributed by atoms with Crippen LogP contribution in [0.5, 0.6) is 0 Å². The third-order valence-corrected chi connectivity index (χ3v) is 2.66. The van der Waals surface area contributed by atoms with Gasteiger partial charge in [-0.15, -0.1) is 0 Å². The van der Waals surface area contributed by atoms with E-state index < -0.39 is 24.0 Å². The average molecular weight is 210 g/mol. The topological polar surface area (TPSA) is 46.3 Å². The number of alkyl halides is 3. The lowest BCUT2D eigenvalue weighted by atomic mass is 9.90. The van der Waals surface area contributed by atoms with Gasteiger partial charge in [0.05, 0.1) is 12.0 Å². The minimum absolute atomic E-state index is 0.0454. The van der Waals surface area contributed by atoms with Crippen molar-refractivity contribution in [2.45, 2.75) is 25.1 Å². The quantitative estimate of drug-likeness (QED) is 0.694. The third-order valence-electron chi connectivity index (χ3n) is 2.66. The van der Waals surface area contributed by atoms with Crippen molar-refractivity contribution >= 4 is 5.91 Å². The molecule has 14 heavy (non-hydrogen) atoms. The zero-order valence-corrected chi connectivity index (χ0v) is 7.84. The number of nitrogens with zero attached hydrogens (tertiary/aromatic N) is 1. The Morgan fingerprint density at radius 2 is 2.07 bits per heavy atom. The number of hydrogen-bond acceptors (Lipinski definition) is 2. The maximum Gasteiger partial charge on any atom is 0.391 e. The van der Waals surface area contributed by atoms with Crippen LogP contribution in [0.3, 0.4) is 0 Å². The van der Waals surface area contributed by atoms with E-state index in [1.807, 2.05) is 0 Å². The predicted octanol–water partition coefficient (Wildman–Crippen LogP) is 0.744. The second kappa shape index (κ2) is 3.76. The van der Waals surface area contributed by atoms with E-state index >= 15 is 0 Å². The van der Waals surface area contributed by atoms with Crippen LogP contribution in [0, 0.1) is 5.92 Å². The Labute approximate surface area is 80.0 Å².